The van der Waals surface area contributed by atoms with E-state index in [0.29, 0.717) is 0 Å². The van der Waals surface area contributed by atoms with Gasteiger partial charge in [-0.25, -0.2) is 9.59 Å². The van der Waals surface area contributed by atoms with E-state index in [0.717, 1.165) is 9.80 Å². The number of aliphatic hydroxyl groups excluding tert-OH is 1. The number of hydrogen-bond donors (Lipinski definition) is 3. The van der Waals surface area contributed by atoms with Gasteiger partial charge >= 0.3 is 12.0 Å². The van der Waals surface area contributed by atoms with Gasteiger partial charge in [0, 0.05) is 20.1 Å². The maximum atomic E-state index is 11.6. The molecule has 1 fully saturated rings. The Balaban J connectivity index is 2.57. The second-order valence-electron chi connectivity index (χ2n) is 4.09. The van der Waals surface area contributed by atoms with Gasteiger partial charge in [-0.2, -0.15) is 0 Å². The van der Waals surface area contributed by atoms with Gasteiger partial charge in [0.2, 0.25) is 5.91 Å². The summed E-state index contributed by atoms with van der Waals surface area (Å²) in [6, 6.07) is -1.85. The first kappa shape index (κ1) is 14.9. The monoisotopic (exact) mass is 273 g/mol. The van der Waals surface area contributed by atoms with Crippen LogP contribution in [-0.4, -0.2) is 76.6 Å². The number of carbonyl (C=O) groups excluding carboxylic acids is 3. The van der Waals surface area contributed by atoms with Crippen LogP contribution in [0.25, 0.3) is 0 Å². The van der Waals surface area contributed by atoms with E-state index in [9.17, 15) is 19.2 Å². The number of likely N-dealkylation sites (N-methyl/N-ethyl adjacent to an activating group) is 1. The number of aliphatic hydroxyl groups is 1. The van der Waals surface area contributed by atoms with Crippen LogP contribution in [0.4, 0.5) is 4.79 Å². The molecule has 0 bridgehead atoms. The topological polar surface area (TPSA) is 127 Å². The fraction of sp³-hybridized carbons (Fsp3) is 0.600. The molecule has 19 heavy (non-hydrogen) atoms. The summed E-state index contributed by atoms with van der Waals surface area (Å²) in [6.45, 7) is -1.04. The number of nitrogens with zero attached hydrogens (tertiary/aromatic N) is 2. The minimum Gasteiger partial charge on any atom is -0.480 e. The van der Waals surface area contributed by atoms with Gasteiger partial charge in [0.05, 0.1) is 0 Å². The molecule has 3 N–H and O–H groups in total. The van der Waals surface area contributed by atoms with Gasteiger partial charge in [0.1, 0.15) is 19.1 Å². The summed E-state index contributed by atoms with van der Waals surface area (Å²) in [7, 11) is 1.42. The molecule has 106 valence electrons. The second kappa shape index (κ2) is 6.14. The number of imide groups is 1. The van der Waals surface area contributed by atoms with Crippen LogP contribution in [0.2, 0.25) is 0 Å². The molecule has 1 aliphatic heterocycles. The summed E-state index contributed by atoms with van der Waals surface area (Å²) in [5.41, 5.74) is 0. The van der Waals surface area contributed by atoms with Crippen LogP contribution in [-0.2, 0) is 14.4 Å². The summed E-state index contributed by atoms with van der Waals surface area (Å²) < 4.78 is 0. The molecular formula is C10H15N3O6. The van der Waals surface area contributed by atoms with Crippen molar-refractivity contribution < 1.29 is 29.4 Å². The van der Waals surface area contributed by atoms with E-state index in [1.807, 2.05) is 0 Å². The lowest BCUT2D eigenvalue weighted by atomic mass is 10.2. The van der Waals surface area contributed by atoms with Crippen molar-refractivity contribution in [1.82, 2.24) is 15.1 Å². The third-order valence-corrected chi connectivity index (χ3v) is 2.58. The predicted octanol–water partition coefficient (Wildman–Crippen LogP) is -2.17. The lowest BCUT2D eigenvalue weighted by Gasteiger charge is -2.17. The highest BCUT2D eigenvalue weighted by molar-refractivity contribution is 6.04. The van der Waals surface area contributed by atoms with Gasteiger partial charge < -0.3 is 20.4 Å². The van der Waals surface area contributed by atoms with Crippen LogP contribution in [0.5, 0.6) is 0 Å². The van der Waals surface area contributed by atoms with Gasteiger partial charge in [0.25, 0.3) is 5.91 Å². The number of nitrogens with one attached hydrogen (secondary N) is 1. The van der Waals surface area contributed by atoms with Gasteiger partial charge in [-0.15, -0.1) is 0 Å². The van der Waals surface area contributed by atoms with E-state index in [-0.39, 0.29) is 13.0 Å². The number of carbonyl (C=O) groups is 4. The van der Waals surface area contributed by atoms with Crippen LogP contribution < -0.4 is 5.32 Å². The number of aliphatic carboxylic acids is 1. The lowest BCUT2D eigenvalue weighted by molar-refractivity contribution is -0.142. The van der Waals surface area contributed by atoms with Crippen molar-refractivity contribution >= 4 is 23.8 Å². The lowest BCUT2D eigenvalue weighted by Crippen LogP contribution is -2.47. The molecule has 1 aliphatic rings. The zero-order valence-corrected chi connectivity index (χ0v) is 10.3. The molecule has 0 spiro atoms. The average molecular weight is 273 g/mol. The minimum atomic E-state index is -1.29. The van der Waals surface area contributed by atoms with E-state index < -0.39 is 43.0 Å². The Morgan fingerprint density at radius 2 is 2.05 bits per heavy atom. The first-order chi connectivity index (χ1) is 8.86. The second-order valence-corrected chi connectivity index (χ2v) is 4.09. The van der Waals surface area contributed by atoms with E-state index in [1.54, 1.807) is 0 Å². The Hall–Kier alpha value is -2.16. The van der Waals surface area contributed by atoms with Crippen molar-refractivity contribution in [2.45, 2.75) is 12.5 Å². The number of urea groups is 1. The standard InChI is InChI=1S/C10H15N3O6/c1-12-5-8(16)13(10(12)19)4-7(15)11-6(2-3-14)9(17)18/h6,14H,2-5H2,1H3,(H,11,15)(H,17,18)/t6-/m0/s1. The molecule has 0 aliphatic carbocycles. The first-order valence-electron chi connectivity index (χ1n) is 5.55. The molecule has 1 rings (SSSR count). The van der Waals surface area contributed by atoms with Gasteiger partial charge in [0.15, 0.2) is 0 Å². The molecule has 0 aromatic rings. The van der Waals surface area contributed by atoms with Crippen molar-refractivity contribution in [3.05, 3.63) is 0 Å². The molecule has 1 atom stereocenters. The fourth-order valence-electron chi connectivity index (χ4n) is 1.59. The summed E-state index contributed by atoms with van der Waals surface area (Å²) in [5, 5.41) is 19.6. The molecule has 1 saturated heterocycles. The molecule has 9 nitrogen and oxygen atoms in total. The van der Waals surface area contributed by atoms with E-state index >= 15 is 0 Å². The molecular weight excluding hydrogens is 258 g/mol. The van der Waals surface area contributed by atoms with Crippen LogP contribution in [0, 0.1) is 0 Å². The zero-order valence-electron chi connectivity index (χ0n) is 10.3. The Morgan fingerprint density at radius 3 is 2.47 bits per heavy atom. The maximum Gasteiger partial charge on any atom is 0.327 e. The van der Waals surface area contributed by atoms with Crippen molar-refractivity contribution in [2.75, 3.05) is 26.7 Å². The number of hydrogen-bond acceptors (Lipinski definition) is 5. The Kier molecular flexibility index (Phi) is 4.81. The van der Waals surface area contributed by atoms with Gasteiger partial charge in [-0.1, -0.05) is 0 Å². The van der Waals surface area contributed by atoms with Crippen molar-refractivity contribution in [3.8, 4) is 0 Å². The van der Waals surface area contributed by atoms with Crippen LogP contribution in [0.15, 0.2) is 0 Å². The normalized spacial score (nSPS) is 16.7. The quantitative estimate of drug-likeness (QED) is 0.473. The number of carboxylic acids is 1. The Morgan fingerprint density at radius 1 is 1.42 bits per heavy atom. The molecule has 9 heteroatoms. The molecule has 0 saturated carbocycles. The molecule has 0 radical (unpaired) electrons. The summed E-state index contributed by atoms with van der Waals surface area (Å²) in [6.07, 6.45) is -0.150. The third kappa shape index (κ3) is 3.65. The van der Waals surface area contributed by atoms with E-state index in [1.165, 1.54) is 7.05 Å². The highest BCUT2D eigenvalue weighted by Gasteiger charge is 2.35. The minimum absolute atomic E-state index is 0.106. The van der Waals surface area contributed by atoms with Crippen molar-refractivity contribution in [1.29, 1.82) is 0 Å². The SMILES string of the molecule is CN1CC(=O)N(CC(=O)N[C@@H](CCO)C(=O)O)C1=O. The van der Waals surface area contributed by atoms with Crippen molar-refractivity contribution in [2.24, 2.45) is 0 Å². The first-order valence-corrected chi connectivity index (χ1v) is 5.55. The molecule has 4 amide bonds. The summed E-state index contributed by atoms with van der Waals surface area (Å²) in [5.74, 6) is -2.58. The van der Waals surface area contributed by atoms with Crippen LogP contribution in [0.3, 0.4) is 0 Å². The Labute approximate surface area is 108 Å². The van der Waals surface area contributed by atoms with Gasteiger partial charge in [-0.3, -0.25) is 14.5 Å². The van der Waals surface area contributed by atoms with Crippen molar-refractivity contribution in [3.63, 3.8) is 0 Å². The molecule has 0 aromatic heterocycles. The Bertz CT molecular complexity index is 410. The average Bonchev–Trinajstić information content (AvgIpc) is 2.55. The number of rotatable bonds is 6. The number of carboxylic acid groups (broad SMARTS) is 1. The highest BCUT2D eigenvalue weighted by Crippen LogP contribution is 2.07. The smallest absolute Gasteiger partial charge is 0.327 e. The zero-order chi connectivity index (χ0) is 14.6. The summed E-state index contributed by atoms with van der Waals surface area (Å²) >= 11 is 0. The molecule has 1 heterocycles. The van der Waals surface area contributed by atoms with Crippen LogP contribution in [0.1, 0.15) is 6.42 Å². The summed E-state index contributed by atoms with van der Waals surface area (Å²) in [4.78, 5) is 47.1. The van der Waals surface area contributed by atoms with Crippen LogP contribution >= 0.6 is 0 Å². The molecule has 0 aromatic carbocycles. The van der Waals surface area contributed by atoms with E-state index in [4.69, 9.17) is 10.2 Å². The van der Waals surface area contributed by atoms with Gasteiger partial charge in [-0.05, 0) is 0 Å². The highest BCUT2D eigenvalue weighted by atomic mass is 16.4. The molecule has 0 unspecified atom stereocenters. The maximum absolute atomic E-state index is 11.6. The third-order valence-electron chi connectivity index (χ3n) is 2.58. The number of amides is 4. The van der Waals surface area contributed by atoms with E-state index in [2.05, 4.69) is 5.32 Å². The largest absolute Gasteiger partial charge is 0.480 e. The predicted molar refractivity (Wildman–Crippen MR) is 61.0 cm³/mol. The fourth-order valence-corrected chi connectivity index (χ4v) is 1.59.